The molecule has 0 spiro atoms. The monoisotopic (exact) mass is 342 g/mol. The molecule has 5 nitrogen and oxygen atoms in total. The third kappa shape index (κ3) is 4.84. The number of nitrogens with one attached hydrogen (secondary N) is 2. The van der Waals surface area contributed by atoms with Crippen molar-refractivity contribution in [2.45, 2.75) is 26.1 Å². The molecule has 25 heavy (non-hydrogen) atoms. The van der Waals surface area contributed by atoms with Gasteiger partial charge in [-0.25, -0.2) is 4.39 Å². The summed E-state index contributed by atoms with van der Waals surface area (Å²) in [6.07, 6.45) is 3.44. The molecular weight excluding hydrogens is 319 g/mol. The smallest absolute Gasteiger partial charge is 0.238 e. The van der Waals surface area contributed by atoms with E-state index < -0.39 is 0 Å². The highest BCUT2D eigenvalue weighted by molar-refractivity contribution is 5.82. The lowest BCUT2D eigenvalue weighted by Crippen LogP contribution is -2.56. The van der Waals surface area contributed by atoms with Crippen LogP contribution < -0.4 is 10.6 Å². The Morgan fingerprint density at radius 2 is 2.32 bits per heavy atom. The molecule has 0 aliphatic carbocycles. The maximum absolute atomic E-state index is 14.0. The second kappa shape index (κ2) is 8.18. The number of benzene rings is 1. The standard InChI is InChI=1S/C19H23FN4O/c1-14-4-5-17(20)16(9-14)12-24-8-7-22-18(13-24)19(25)23-11-15-3-2-6-21-10-15/h2-6,9-10,18,22H,7-8,11-13H2,1H3,(H,23,25)/t18-/m0/s1. The van der Waals surface area contributed by atoms with Gasteiger partial charge in [0, 0.05) is 50.7 Å². The highest BCUT2D eigenvalue weighted by Gasteiger charge is 2.25. The molecule has 0 saturated carbocycles. The van der Waals surface area contributed by atoms with E-state index >= 15 is 0 Å². The number of aromatic nitrogens is 1. The Morgan fingerprint density at radius 3 is 3.12 bits per heavy atom. The van der Waals surface area contributed by atoms with E-state index in [4.69, 9.17) is 0 Å². The average Bonchev–Trinajstić information content (AvgIpc) is 2.64. The van der Waals surface area contributed by atoms with E-state index in [1.165, 1.54) is 6.07 Å². The third-order valence-electron chi connectivity index (χ3n) is 4.36. The zero-order valence-corrected chi connectivity index (χ0v) is 14.3. The summed E-state index contributed by atoms with van der Waals surface area (Å²) in [7, 11) is 0. The molecule has 6 heteroatoms. The van der Waals surface area contributed by atoms with Crippen molar-refractivity contribution < 1.29 is 9.18 Å². The van der Waals surface area contributed by atoms with Crippen LogP contribution in [0.2, 0.25) is 0 Å². The lowest BCUT2D eigenvalue weighted by molar-refractivity contribution is -0.124. The van der Waals surface area contributed by atoms with Crippen molar-refractivity contribution in [1.29, 1.82) is 0 Å². The summed E-state index contributed by atoms with van der Waals surface area (Å²) in [5.41, 5.74) is 2.68. The number of rotatable bonds is 5. The molecule has 0 radical (unpaired) electrons. The average molecular weight is 342 g/mol. The number of pyridine rings is 1. The van der Waals surface area contributed by atoms with Crippen LogP contribution in [0.1, 0.15) is 16.7 Å². The van der Waals surface area contributed by atoms with E-state index in [0.717, 1.165) is 17.7 Å². The first-order valence-corrected chi connectivity index (χ1v) is 8.49. The first kappa shape index (κ1) is 17.5. The van der Waals surface area contributed by atoms with Crippen LogP contribution in [0.25, 0.3) is 0 Å². The summed E-state index contributed by atoms with van der Waals surface area (Å²) in [6.45, 7) is 4.98. The van der Waals surface area contributed by atoms with Crippen LogP contribution in [0.15, 0.2) is 42.7 Å². The maximum atomic E-state index is 14.0. The van der Waals surface area contributed by atoms with Crippen molar-refractivity contribution in [3.8, 4) is 0 Å². The molecule has 1 saturated heterocycles. The third-order valence-corrected chi connectivity index (χ3v) is 4.36. The fourth-order valence-electron chi connectivity index (χ4n) is 3.01. The van der Waals surface area contributed by atoms with Gasteiger partial charge >= 0.3 is 0 Å². The molecule has 1 aliphatic rings. The minimum Gasteiger partial charge on any atom is -0.351 e. The van der Waals surface area contributed by atoms with Gasteiger partial charge in [-0.15, -0.1) is 0 Å². The lowest BCUT2D eigenvalue weighted by Gasteiger charge is -2.33. The minimum atomic E-state index is -0.293. The summed E-state index contributed by atoms with van der Waals surface area (Å²) in [6, 6.07) is 8.62. The summed E-state index contributed by atoms with van der Waals surface area (Å²) < 4.78 is 14.0. The second-order valence-electron chi connectivity index (χ2n) is 6.42. The Bertz CT molecular complexity index is 723. The van der Waals surface area contributed by atoms with Gasteiger partial charge in [0.25, 0.3) is 0 Å². The lowest BCUT2D eigenvalue weighted by atomic mass is 10.1. The molecule has 2 heterocycles. The molecular formula is C19H23FN4O. The fourth-order valence-corrected chi connectivity index (χ4v) is 3.01. The Kier molecular flexibility index (Phi) is 5.73. The molecule has 1 fully saturated rings. The maximum Gasteiger partial charge on any atom is 0.238 e. The first-order valence-electron chi connectivity index (χ1n) is 8.49. The van der Waals surface area contributed by atoms with Gasteiger partial charge in [-0.05, 0) is 24.6 Å². The van der Waals surface area contributed by atoms with Crippen LogP contribution >= 0.6 is 0 Å². The van der Waals surface area contributed by atoms with Crippen molar-refractivity contribution in [3.05, 3.63) is 65.2 Å². The number of hydrogen-bond donors (Lipinski definition) is 2. The highest BCUT2D eigenvalue weighted by Crippen LogP contribution is 2.14. The van der Waals surface area contributed by atoms with Crippen LogP contribution in [0.5, 0.6) is 0 Å². The number of aryl methyl sites for hydroxylation is 1. The Balaban J connectivity index is 1.55. The molecule has 132 valence electrons. The minimum absolute atomic E-state index is 0.0433. The number of carbonyl (C=O) groups is 1. The Labute approximate surface area is 147 Å². The van der Waals surface area contributed by atoms with Gasteiger partial charge in [-0.3, -0.25) is 14.7 Å². The van der Waals surface area contributed by atoms with E-state index in [1.54, 1.807) is 18.5 Å². The van der Waals surface area contributed by atoms with Gasteiger partial charge in [0.05, 0.1) is 6.04 Å². The van der Waals surface area contributed by atoms with Crippen LogP contribution in [0.3, 0.4) is 0 Å². The molecule has 1 aliphatic heterocycles. The van der Waals surface area contributed by atoms with E-state index in [0.29, 0.717) is 31.7 Å². The van der Waals surface area contributed by atoms with Crippen molar-refractivity contribution in [2.75, 3.05) is 19.6 Å². The topological polar surface area (TPSA) is 57.3 Å². The number of piperazine rings is 1. The number of halogens is 1. The zero-order valence-electron chi connectivity index (χ0n) is 14.3. The summed E-state index contributed by atoms with van der Waals surface area (Å²) >= 11 is 0. The quantitative estimate of drug-likeness (QED) is 0.867. The summed E-state index contributed by atoms with van der Waals surface area (Å²) in [5, 5.41) is 6.17. The predicted molar refractivity (Wildman–Crippen MR) is 94.3 cm³/mol. The van der Waals surface area contributed by atoms with Crippen molar-refractivity contribution in [1.82, 2.24) is 20.5 Å². The van der Waals surface area contributed by atoms with E-state index in [-0.39, 0.29) is 17.8 Å². The molecule has 2 aromatic rings. The van der Waals surface area contributed by atoms with Gasteiger partial charge in [0.1, 0.15) is 5.82 Å². The largest absolute Gasteiger partial charge is 0.351 e. The van der Waals surface area contributed by atoms with E-state index in [2.05, 4.69) is 20.5 Å². The van der Waals surface area contributed by atoms with Crippen LogP contribution in [-0.2, 0) is 17.9 Å². The molecule has 0 unspecified atom stereocenters. The van der Waals surface area contributed by atoms with Gasteiger partial charge in [-0.1, -0.05) is 23.8 Å². The van der Waals surface area contributed by atoms with Gasteiger partial charge in [0.15, 0.2) is 0 Å². The molecule has 2 N–H and O–H groups in total. The van der Waals surface area contributed by atoms with Gasteiger partial charge in [0.2, 0.25) is 5.91 Å². The summed E-state index contributed by atoms with van der Waals surface area (Å²) in [4.78, 5) is 18.5. The summed E-state index contributed by atoms with van der Waals surface area (Å²) in [5.74, 6) is -0.236. The van der Waals surface area contributed by atoms with E-state index in [1.807, 2.05) is 25.1 Å². The number of amides is 1. The number of carbonyl (C=O) groups excluding carboxylic acids is 1. The SMILES string of the molecule is Cc1ccc(F)c(CN2CCN[C@H](C(=O)NCc3cccnc3)C2)c1. The van der Waals surface area contributed by atoms with E-state index in [9.17, 15) is 9.18 Å². The molecule has 1 atom stereocenters. The second-order valence-corrected chi connectivity index (χ2v) is 6.42. The molecule has 1 aromatic carbocycles. The molecule has 1 aromatic heterocycles. The van der Waals surface area contributed by atoms with Crippen molar-refractivity contribution in [3.63, 3.8) is 0 Å². The number of hydrogen-bond acceptors (Lipinski definition) is 4. The van der Waals surface area contributed by atoms with Crippen molar-refractivity contribution in [2.24, 2.45) is 0 Å². The molecule has 1 amide bonds. The zero-order chi connectivity index (χ0) is 17.6. The predicted octanol–water partition coefficient (Wildman–Crippen LogP) is 1.62. The number of nitrogens with zero attached hydrogens (tertiary/aromatic N) is 2. The van der Waals surface area contributed by atoms with Crippen LogP contribution in [0.4, 0.5) is 4.39 Å². The van der Waals surface area contributed by atoms with Crippen LogP contribution in [-0.4, -0.2) is 41.5 Å². The molecule has 3 rings (SSSR count). The highest BCUT2D eigenvalue weighted by atomic mass is 19.1. The Morgan fingerprint density at radius 1 is 1.44 bits per heavy atom. The van der Waals surface area contributed by atoms with Gasteiger partial charge in [-0.2, -0.15) is 0 Å². The van der Waals surface area contributed by atoms with Gasteiger partial charge < -0.3 is 10.6 Å². The van der Waals surface area contributed by atoms with Crippen molar-refractivity contribution >= 4 is 5.91 Å². The Hall–Kier alpha value is -2.31. The normalized spacial score (nSPS) is 18.1. The fraction of sp³-hybridized carbons (Fsp3) is 0.368. The molecule has 0 bridgehead atoms. The van der Waals surface area contributed by atoms with Crippen LogP contribution in [0, 0.1) is 12.7 Å². The first-order chi connectivity index (χ1) is 12.1.